The summed E-state index contributed by atoms with van der Waals surface area (Å²) in [6, 6.07) is 4.75. The Balaban J connectivity index is 1.96. The summed E-state index contributed by atoms with van der Waals surface area (Å²) in [5.41, 5.74) is 1.26. The number of aromatic nitrogens is 2. The zero-order valence-electron chi connectivity index (χ0n) is 11.7. The number of aromatic carboxylic acids is 1. The van der Waals surface area contributed by atoms with Gasteiger partial charge in [0.2, 0.25) is 11.8 Å². The van der Waals surface area contributed by atoms with Crippen LogP contribution in [0.3, 0.4) is 0 Å². The maximum atomic E-state index is 11.8. The summed E-state index contributed by atoms with van der Waals surface area (Å²) in [7, 11) is 0. The van der Waals surface area contributed by atoms with Crippen LogP contribution in [0.1, 0.15) is 34.1 Å². The van der Waals surface area contributed by atoms with Crippen LogP contribution in [-0.2, 0) is 11.2 Å². The number of aryl methyl sites for hydroxylation is 3. The third kappa shape index (κ3) is 3.88. The summed E-state index contributed by atoms with van der Waals surface area (Å²) >= 11 is 0. The molecule has 0 aliphatic heterocycles. The number of carbonyl (C=O) groups is 2. The quantitative estimate of drug-likeness (QED) is 0.871. The number of rotatable bonds is 5. The van der Waals surface area contributed by atoms with Crippen LogP contribution in [-0.4, -0.2) is 27.1 Å². The van der Waals surface area contributed by atoms with Crippen molar-refractivity contribution in [2.45, 2.75) is 26.7 Å². The second kappa shape index (κ2) is 6.17. The zero-order valence-corrected chi connectivity index (χ0v) is 11.7. The third-order valence-electron chi connectivity index (χ3n) is 2.89. The number of carboxylic acid groups (broad SMARTS) is 1. The normalized spacial score (nSPS) is 10.4. The van der Waals surface area contributed by atoms with Gasteiger partial charge < -0.3 is 14.9 Å². The molecule has 0 spiro atoms. The highest BCUT2D eigenvalue weighted by Crippen LogP contribution is 2.15. The van der Waals surface area contributed by atoms with Crippen LogP contribution in [0.2, 0.25) is 0 Å². The molecular weight excluding hydrogens is 274 g/mol. The SMILES string of the molecule is Cc1noc(CCC(=O)Nc2ccc(C)c(C(=O)O)c2)n1. The van der Waals surface area contributed by atoms with Gasteiger partial charge in [-0.3, -0.25) is 4.79 Å². The van der Waals surface area contributed by atoms with Gasteiger partial charge >= 0.3 is 5.97 Å². The lowest BCUT2D eigenvalue weighted by Crippen LogP contribution is -2.13. The third-order valence-corrected chi connectivity index (χ3v) is 2.89. The van der Waals surface area contributed by atoms with Gasteiger partial charge in [0.15, 0.2) is 5.82 Å². The van der Waals surface area contributed by atoms with Crippen molar-refractivity contribution in [1.82, 2.24) is 10.1 Å². The maximum Gasteiger partial charge on any atom is 0.336 e. The number of hydrogen-bond donors (Lipinski definition) is 2. The summed E-state index contributed by atoms with van der Waals surface area (Å²) in [5, 5.41) is 15.3. The first-order chi connectivity index (χ1) is 9.95. The predicted molar refractivity (Wildman–Crippen MR) is 74.1 cm³/mol. The molecule has 0 unspecified atom stereocenters. The minimum atomic E-state index is -1.02. The van der Waals surface area contributed by atoms with Crippen LogP contribution in [0.25, 0.3) is 0 Å². The van der Waals surface area contributed by atoms with Gasteiger partial charge in [-0.1, -0.05) is 11.2 Å². The van der Waals surface area contributed by atoms with Crippen LogP contribution in [0.15, 0.2) is 22.7 Å². The molecule has 0 fully saturated rings. The smallest absolute Gasteiger partial charge is 0.336 e. The van der Waals surface area contributed by atoms with E-state index in [1.165, 1.54) is 6.07 Å². The van der Waals surface area contributed by atoms with Gasteiger partial charge in [0.1, 0.15) is 0 Å². The second-order valence-electron chi connectivity index (χ2n) is 4.62. The number of nitrogens with zero attached hydrogens (tertiary/aromatic N) is 2. The lowest BCUT2D eigenvalue weighted by molar-refractivity contribution is -0.116. The molecule has 0 atom stereocenters. The molecule has 7 nitrogen and oxygen atoms in total. The van der Waals surface area contributed by atoms with E-state index in [0.717, 1.165) is 0 Å². The minimum absolute atomic E-state index is 0.167. The van der Waals surface area contributed by atoms with Crippen LogP contribution < -0.4 is 5.32 Å². The Kier molecular flexibility index (Phi) is 4.32. The number of benzene rings is 1. The molecule has 7 heteroatoms. The van der Waals surface area contributed by atoms with Crippen molar-refractivity contribution >= 4 is 17.6 Å². The average molecular weight is 289 g/mol. The van der Waals surface area contributed by atoms with Gasteiger partial charge in [-0.05, 0) is 31.5 Å². The minimum Gasteiger partial charge on any atom is -0.478 e. The Morgan fingerprint density at radius 3 is 2.71 bits per heavy atom. The first-order valence-corrected chi connectivity index (χ1v) is 6.38. The monoisotopic (exact) mass is 289 g/mol. The Bertz CT molecular complexity index is 679. The van der Waals surface area contributed by atoms with Crippen molar-refractivity contribution in [3.63, 3.8) is 0 Å². The molecule has 0 saturated carbocycles. The number of nitrogens with one attached hydrogen (secondary N) is 1. The van der Waals surface area contributed by atoms with Crippen molar-refractivity contribution in [2.75, 3.05) is 5.32 Å². The van der Waals surface area contributed by atoms with Gasteiger partial charge in [0, 0.05) is 18.5 Å². The van der Waals surface area contributed by atoms with Crippen LogP contribution in [0.5, 0.6) is 0 Å². The molecule has 110 valence electrons. The number of carbonyl (C=O) groups excluding carboxylic acids is 1. The molecule has 0 bridgehead atoms. The topological polar surface area (TPSA) is 105 Å². The Morgan fingerprint density at radius 1 is 1.33 bits per heavy atom. The van der Waals surface area contributed by atoms with E-state index in [4.69, 9.17) is 9.63 Å². The van der Waals surface area contributed by atoms with Crippen LogP contribution in [0.4, 0.5) is 5.69 Å². The predicted octanol–water partition coefficient (Wildman–Crippen LogP) is 1.96. The van der Waals surface area contributed by atoms with Gasteiger partial charge in [0.05, 0.1) is 5.56 Å². The summed E-state index contributed by atoms with van der Waals surface area (Å²) < 4.78 is 4.91. The standard InChI is InChI=1S/C14H15N3O4/c1-8-3-4-10(7-11(8)14(19)20)16-12(18)5-6-13-15-9(2)17-21-13/h3-4,7H,5-6H2,1-2H3,(H,16,18)(H,19,20). The Morgan fingerprint density at radius 2 is 2.10 bits per heavy atom. The highest BCUT2D eigenvalue weighted by Gasteiger charge is 2.11. The van der Waals surface area contributed by atoms with Gasteiger partial charge in [-0.2, -0.15) is 4.98 Å². The molecule has 0 saturated heterocycles. The van der Waals surface area contributed by atoms with Crippen molar-refractivity contribution in [2.24, 2.45) is 0 Å². The summed E-state index contributed by atoms with van der Waals surface area (Å²) in [6.45, 7) is 3.40. The molecular formula is C14H15N3O4. The molecule has 2 N–H and O–H groups in total. The van der Waals surface area contributed by atoms with Gasteiger partial charge in [-0.25, -0.2) is 4.79 Å². The average Bonchev–Trinajstić information content (AvgIpc) is 2.84. The molecule has 2 aromatic rings. The lowest BCUT2D eigenvalue weighted by Gasteiger charge is -2.07. The molecule has 1 heterocycles. The highest BCUT2D eigenvalue weighted by atomic mass is 16.5. The largest absolute Gasteiger partial charge is 0.478 e. The first-order valence-electron chi connectivity index (χ1n) is 6.38. The van der Waals surface area contributed by atoms with E-state index in [9.17, 15) is 9.59 Å². The van der Waals surface area contributed by atoms with E-state index in [1.54, 1.807) is 26.0 Å². The molecule has 0 radical (unpaired) electrons. The number of hydrogen-bond acceptors (Lipinski definition) is 5. The number of anilines is 1. The fraction of sp³-hybridized carbons (Fsp3) is 0.286. The maximum absolute atomic E-state index is 11.8. The summed E-state index contributed by atoms with van der Waals surface area (Å²) in [5.74, 6) is -0.344. The molecule has 21 heavy (non-hydrogen) atoms. The number of carboxylic acids is 1. The number of amides is 1. The Labute approximate surface area is 121 Å². The van der Waals surface area contributed by atoms with Crippen molar-refractivity contribution in [3.05, 3.63) is 41.0 Å². The van der Waals surface area contributed by atoms with Crippen molar-refractivity contribution in [3.8, 4) is 0 Å². The van der Waals surface area contributed by atoms with Crippen LogP contribution in [0, 0.1) is 13.8 Å². The first kappa shape index (κ1) is 14.7. The zero-order chi connectivity index (χ0) is 15.4. The fourth-order valence-electron chi connectivity index (χ4n) is 1.82. The van der Waals surface area contributed by atoms with Crippen LogP contribution >= 0.6 is 0 Å². The van der Waals surface area contributed by atoms with E-state index in [0.29, 0.717) is 29.4 Å². The second-order valence-corrected chi connectivity index (χ2v) is 4.62. The highest BCUT2D eigenvalue weighted by molar-refractivity contribution is 5.94. The van der Waals surface area contributed by atoms with E-state index in [2.05, 4.69) is 15.5 Å². The lowest BCUT2D eigenvalue weighted by atomic mass is 10.1. The van der Waals surface area contributed by atoms with E-state index < -0.39 is 5.97 Å². The molecule has 1 aromatic heterocycles. The molecule has 2 rings (SSSR count). The molecule has 1 amide bonds. The van der Waals surface area contributed by atoms with Gasteiger partial charge in [0.25, 0.3) is 0 Å². The van der Waals surface area contributed by atoms with E-state index in [1.807, 2.05) is 0 Å². The summed E-state index contributed by atoms with van der Waals surface area (Å²) in [6.07, 6.45) is 0.516. The Hall–Kier alpha value is -2.70. The summed E-state index contributed by atoms with van der Waals surface area (Å²) in [4.78, 5) is 26.8. The molecule has 1 aromatic carbocycles. The molecule has 0 aliphatic carbocycles. The molecule has 0 aliphatic rings. The fourth-order valence-corrected chi connectivity index (χ4v) is 1.82. The van der Waals surface area contributed by atoms with E-state index in [-0.39, 0.29) is 17.9 Å². The van der Waals surface area contributed by atoms with Gasteiger partial charge in [-0.15, -0.1) is 0 Å². The van der Waals surface area contributed by atoms with E-state index >= 15 is 0 Å². The van der Waals surface area contributed by atoms with Crippen molar-refractivity contribution in [1.29, 1.82) is 0 Å². The van der Waals surface area contributed by atoms with Crippen molar-refractivity contribution < 1.29 is 19.2 Å².